The minimum atomic E-state index is -1.19. The van der Waals surface area contributed by atoms with E-state index in [0.29, 0.717) is 0 Å². The Hall–Kier alpha value is -2.00. The lowest BCUT2D eigenvalue weighted by Crippen LogP contribution is -2.02. The first-order valence-electron chi connectivity index (χ1n) is 5.81. The summed E-state index contributed by atoms with van der Waals surface area (Å²) >= 11 is 5.88. The van der Waals surface area contributed by atoms with Gasteiger partial charge in [0.2, 0.25) is 0 Å². The molecule has 2 aromatic rings. The monoisotopic (exact) mass is 276 g/mol. The van der Waals surface area contributed by atoms with E-state index in [-0.39, 0.29) is 16.5 Å². The van der Waals surface area contributed by atoms with Crippen molar-refractivity contribution in [2.75, 3.05) is 0 Å². The molecule has 0 aliphatic carbocycles. The molecule has 4 heteroatoms. The zero-order chi connectivity index (χ0) is 14.0. The van der Waals surface area contributed by atoms with Gasteiger partial charge in [0.15, 0.2) is 0 Å². The van der Waals surface area contributed by atoms with Gasteiger partial charge in [-0.2, -0.15) is 0 Å². The quantitative estimate of drug-likeness (QED) is 0.894. The van der Waals surface area contributed by atoms with E-state index < -0.39 is 11.7 Å². The van der Waals surface area contributed by atoms with Crippen molar-refractivity contribution in [3.8, 4) is 5.75 Å². The van der Waals surface area contributed by atoms with E-state index in [1.165, 1.54) is 6.07 Å². The highest BCUT2D eigenvalue weighted by Crippen LogP contribution is 2.34. The summed E-state index contributed by atoms with van der Waals surface area (Å²) in [4.78, 5) is 11.1. The average molecular weight is 277 g/mol. The smallest absolute Gasteiger partial charge is 0.339 e. The lowest BCUT2D eigenvalue weighted by Gasteiger charge is -2.14. The van der Waals surface area contributed by atoms with Crippen LogP contribution in [0.4, 0.5) is 0 Å². The van der Waals surface area contributed by atoms with Gasteiger partial charge in [0.05, 0.1) is 5.02 Å². The van der Waals surface area contributed by atoms with E-state index in [1.54, 1.807) is 6.07 Å². The van der Waals surface area contributed by atoms with Gasteiger partial charge in [0.1, 0.15) is 11.3 Å². The van der Waals surface area contributed by atoms with Crippen molar-refractivity contribution < 1.29 is 15.0 Å². The molecule has 0 bridgehead atoms. The lowest BCUT2D eigenvalue weighted by molar-refractivity contribution is 0.0693. The Morgan fingerprint density at radius 2 is 1.79 bits per heavy atom. The minimum Gasteiger partial charge on any atom is -0.505 e. The molecule has 0 saturated heterocycles. The number of carboxylic acids is 1. The lowest BCUT2D eigenvalue weighted by atomic mass is 9.92. The number of phenols is 1. The molecule has 2 N–H and O–H groups in total. The van der Waals surface area contributed by atoms with Crippen molar-refractivity contribution in [2.24, 2.45) is 0 Å². The van der Waals surface area contributed by atoms with E-state index in [9.17, 15) is 9.90 Å². The molecule has 0 aliphatic rings. The number of aromatic hydroxyl groups is 1. The van der Waals surface area contributed by atoms with Crippen molar-refractivity contribution in [2.45, 2.75) is 12.8 Å². The first-order chi connectivity index (χ1) is 9.00. The fraction of sp³-hybridized carbons (Fsp3) is 0.133. The predicted molar refractivity (Wildman–Crippen MR) is 74.0 cm³/mol. The van der Waals surface area contributed by atoms with E-state index in [4.69, 9.17) is 16.7 Å². The number of carboxylic acid groups (broad SMARTS) is 1. The van der Waals surface area contributed by atoms with Crippen molar-refractivity contribution in [3.05, 3.63) is 64.2 Å². The highest BCUT2D eigenvalue weighted by atomic mass is 35.5. The van der Waals surface area contributed by atoms with Gasteiger partial charge < -0.3 is 10.2 Å². The Morgan fingerprint density at radius 3 is 2.37 bits per heavy atom. The van der Waals surface area contributed by atoms with Crippen molar-refractivity contribution >= 4 is 17.6 Å². The summed E-state index contributed by atoms with van der Waals surface area (Å²) < 4.78 is 0. The van der Waals surface area contributed by atoms with Crippen LogP contribution in [0.1, 0.15) is 34.3 Å². The summed E-state index contributed by atoms with van der Waals surface area (Å²) in [6, 6.07) is 12.8. The molecule has 19 heavy (non-hydrogen) atoms. The number of hydrogen-bond donors (Lipinski definition) is 2. The second-order valence-corrected chi connectivity index (χ2v) is 4.74. The predicted octanol–water partition coefficient (Wildman–Crippen LogP) is 3.90. The van der Waals surface area contributed by atoms with Crippen molar-refractivity contribution in [1.29, 1.82) is 0 Å². The van der Waals surface area contributed by atoms with E-state index in [1.807, 2.05) is 37.3 Å². The fourth-order valence-corrected chi connectivity index (χ4v) is 2.20. The summed E-state index contributed by atoms with van der Waals surface area (Å²) in [5.74, 6) is -1.59. The Labute approximate surface area is 116 Å². The molecule has 0 saturated carbocycles. The Morgan fingerprint density at radius 1 is 1.16 bits per heavy atom. The second kappa shape index (κ2) is 5.33. The molecule has 0 fully saturated rings. The maximum Gasteiger partial charge on any atom is 0.339 e. The molecule has 1 unspecified atom stereocenters. The van der Waals surface area contributed by atoms with Crippen LogP contribution in [-0.2, 0) is 0 Å². The summed E-state index contributed by atoms with van der Waals surface area (Å²) in [6.07, 6.45) is 0. The van der Waals surface area contributed by atoms with Gasteiger partial charge in [-0.3, -0.25) is 0 Å². The van der Waals surface area contributed by atoms with Crippen molar-refractivity contribution in [1.82, 2.24) is 0 Å². The van der Waals surface area contributed by atoms with E-state index in [2.05, 4.69) is 0 Å². The van der Waals surface area contributed by atoms with E-state index >= 15 is 0 Å². The number of halogens is 1. The molecule has 2 aromatic carbocycles. The molecule has 0 aliphatic heterocycles. The van der Waals surface area contributed by atoms with Crippen LogP contribution < -0.4 is 0 Å². The zero-order valence-corrected chi connectivity index (χ0v) is 11.1. The second-order valence-electron chi connectivity index (χ2n) is 4.34. The maximum absolute atomic E-state index is 11.1. The SMILES string of the molecule is CC(c1ccccc1)c1cc(Cl)c(O)c(C(=O)O)c1. The van der Waals surface area contributed by atoms with Crippen LogP contribution in [0.25, 0.3) is 0 Å². The van der Waals surface area contributed by atoms with Crippen LogP contribution >= 0.6 is 11.6 Å². The number of hydrogen-bond acceptors (Lipinski definition) is 2. The third-order valence-electron chi connectivity index (χ3n) is 3.12. The van der Waals surface area contributed by atoms with Gasteiger partial charge in [-0.15, -0.1) is 0 Å². The molecule has 1 atom stereocenters. The van der Waals surface area contributed by atoms with Gasteiger partial charge in [-0.05, 0) is 23.3 Å². The first-order valence-corrected chi connectivity index (χ1v) is 6.19. The summed E-state index contributed by atoms with van der Waals surface area (Å²) in [5, 5.41) is 18.7. The molecule has 0 spiro atoms. The third-order valence-corrected chi connectivity index (χ3v) is 3.40. The summed E-state index contributed by atoms with van der Waals surface area (Å²) in [7, 11) is 0. The normalized spacial score (nSPS) is 12.1. The number of benzene rings is 2. The third kappa shape index (κ3) is 2.71. The summed E-state index contributed by atoms with van der Waals surface area (Å²) in [6.45, 7) is 1.96. The number of aromatic carboxylic acids is 1. The fourth-order valence-electron chi connectivity index (χ4n) is 1.97. The molecular weight excluding hydrogens is 264 g/mol. The standard InChI is InChI=1S/C15H13ClO3/c1-9(10-5-3-2-4-6-10)11-7-12(15(18)19)14(17)13(16)8-11/h2-9,17H,1H3,(H,18,19). The minimum absolute atomic E-state index is 0.00241. The summed E-state index contributed by atoms with van der Waals surface area (Å²) in [5.41, 5.74) is 1.64. The Balaban J connectivity index is 2.49. The maximum atomic E-state index is 11.1. The largest absolute Gasteiger partial charge is 0.505 e. The molecular formula is C15H13ClO3. The van der Waals surface area contributed by atoms with Crippen LogP contribution in [0.3, 0.4) is 0 Å². The van der Waals surface area contributed by atoms with Gasteiger partial charge in [0.25, 0.3) is 0 Å². The van der Waals surface area contributed by atoms with Gasteiger partial charge in [-0.1, -0.05) is 48.9 Å². The Kier molecular flexibility index (Phi) is 3.76. The van der Waals surface area contributed by atoms with Gasteiger partial charge in [0, 0.05) is 5.92 Å². The molecule has 3 nitrogen and oxygen atoms in total. The van der Waals surface area contributed by atoms with Crippen molar-refractivity contribution in [3.63, 3.8) is 0 Å². The van der Waals surface area contributed by atoms with Crippen LogP contribution in [0.15, 0.2) is 42.5 Å². The van der Waals surface area contributed by atoms with Gasteiger partial charge in [-0.25, -0.2) is 4.79 Å². The molecule has 2 rings (SSSR count). The molecule has 0 aromatic heterocycles. The molecule has 0 heterocycles. The first kappa shape index (κ1) is 13.4. The number of carbonyl (C=O) groups is 1. The van der Waals surface area contributed by atoms with Crippen LogP contribution in [-0.4, -0.2) is 16.2 Å². The average Bonchev–Trinajstić information content (AvgIpc) is 2.41. The zero-order valence-electron chi connectivity index (χ0n) is 10.3. The van der Waals surface area contributed by atoms with E-state index in [0.717, 1.165) is 11.1 Å². The van der Waals surface area contributed by atoms with Crippen LogP contribution in [0.5, 0.6) is 5.75 Å². The number of rotatable bonds is 3. The Bertz CT molecular complexity index is 608. The van der Waals surface area contributed by atoms with Gasteiger partial charge >= 0.3 is 5.97 Å². The highest BCUT2D eigenvalue weighted by molar-refractivity contribution is 6.32. The van der Waals surface area contributed by atoms with Crippen LogP contribution in [0, 0.1) is 0 Å². The topological polar surface area (TPSA) is 57.5 Å². The molecule has 0 amide bonds. The van der Waals surface area contributed by atoms with Crippen LogP contribution in [0.2, 0.25) is 5.02 Å². The highest BCUT2D eigenvalue weighted by Gasteiger charge is 2.17. The molecule has 98 valence electrons. The molecule has 0 radical (unpaired) electrons.